The largest absolute Gasteiger partial charge is 0.692 e. The molecule has 0 saturated heterocycles. The summed E-state index contributed by atoms with van der Waals surface area (Å²) in [6.45, 7) is 10.9. The monoisotopic (exact) mass is 333 g/mol. The van der Waals surface area contributed by atoms with E-state index >= 15 is 0 Å². The van der Waals surface area contributed by atoms with Gasteiger partial charge in [0.2, 0.25) is 5.54 Å². The van der Waals surface area contributed by atoms with Crippen LogP contribution in [0.25, 0.3) is 0 Å². The van der Waals surface area contributed by atoms with Crippen molar-refractivity contribution in [3.63, 3.8) is 0 Å². The highest BCUT2D eigenvalue weighted by atomic mass is 31.1. The molecule has 0 aromatic rings. The van der Waals surface area contributed by atoms with Crippen molar-refractivity contribution < 1.29 is 33.6 Å². The SMILES string of the molecule is C=C(C)C(C)CC(C)(C)[N+](=O)[O-].O=[P+](O)O.O=[P+](O)O. The Labute approximate surface area is 119 Å². The number of nitro groups is 1. The van der Waals surface area contributed by atoms with Crippen molar-refractivity contribution in [2.75, 3.05) is 0 Å². The van der Waals surface area contributed by atoms with Crippen LogP contribution >= 0.6 is 16.5 Å². The minimum atomic E-state index is -2.87. The average Bonchev–Trinajstić information content (AvgIpc) is 2.14. The van der Waals surface area contributed by atoms with E-state index in [0.717, 1.165) is 5.57 Å². The summed E-state index contributed by atoms with van der Waals surface area (Å²) in [4.78, 5) is 38.8. The van der Waals surface area contributed by atoms with Crippen LogP contribution in [0.2, 0.25) is 0 Å². The summed E-state index contributed by atoms with van der Waals surface area (Å²) in [5, 5.41) is 10.6. The van der Waals surface area contributed by atoms with Crippen LogP contribution in [-0.2, 0) is 9.13 Å². The maximum atomic E-state index is 10.6. The highest BCUT2D eigenvalue weighted by Crippen LogP contribution is 2.23. The lowest BCUT2D eigenvalue weighted by atomic mass is 9.89. The first kappa shape index (κ1) is 24.2. The normalized spacial score (nSPS) is 11.0. The minimum Gasteiger partial charge on any atom is -0.264 e. The van der Waals surface area contributed by atoms with E-state index in [9.17, 15) is 10.1 Å². The van der Waals surface area contributed by atoms with Gasteiger partial charge in [-0.1, -0.05) is 19.1 Å². The third-order valence-electron chi connectivity index (χ3n) is 2.14. The molecular weight excluding hydrogens is 312 g/mol. The van der Waals surface area contributed by atoms with Crippen LogP contribution in [0.1, 0.15) is 34.1 Å². The van der Waals surface area contributed by atoms with Gasteiger partial charge in [-0.2, -0.15) is 0 Å². The van der Waals surface area contributed by atoms with Gasteiger partial charge in [0.25, 0.3) is 0 Å². The van der Waals surface area contributed by atoms with Gasteiger partial charge in [-0.05, 0) is 12.8 Å². The Morgan fingerprint density at radius 1 is 1.25 bits per heavy atom. The zero-order valence-electron chi connectivity index (χ0n) is 11.8. The van der Waals surface area contributed by atoms with Crippen LogP contribution < -0.4 is 0 Å². The van der Waals surface area contributed by atoms with Gasteiger partial charge < -0.3 is 0 Å². The number of allylic oxidation sites excluding steroid dienone is 1. The number of nitrogens with zero attached hydrogens (tertiary/aromatic N) is 1. The molecule has 0 saturated carbocycles. The molecule has 0 aliphatic rings. The molecule has 0 fully saturated rings. The fourth-order valence-electron chi connectivity index (χ4n) is 0.998. The Bertz CT molecular complexity index is 338. The lowest BCUT2D eigenvalue weighted by molar-refractivity contribution is -0.562. The molecule has 0 amide bonds. The van der Waals surface area contributed by atoms with Gasteiger partial charge in [0.15, 0.2) is 0 Å². The summed E-state index contributed by atoms with van der Waals surface area (Å²) in [5.74, 6) is 0.213. The van der Waals surface area contributed by atoms with Gasteiger partial charge in [0, 0.05) is 34.3 Å². The van der Waals surface area contributed by atoms with E-state index in [1.165, 1.54) is 0 Å². The quantitative estimate of drug-likeness (QED) is 0.263. The second kappa shape index (κ2) is 12.0. The molecule has 0 aromatic heterocycles. The molecule has 0 heterocycles. The fraction of sp³-hybridized carbons (Fsp3) is 0.778. The number of hydrogen-bond acceptors (Lipinski definition) is 4. The second-order valence-corrected chi connectivity index (χ2v) is 5.54. The molecule has 9 nitrogen and oxygen atoms in total. The molecule has 0 aliphatic heterocycles. The van der Waals surface area contributed by atoms with Crippen LogP contribution in [0.15, 0.2) is 12.2 Å². The Morgan fingerprint density at radius 3 is 1.65 bits per heavy atom. The molecular formula is C9H21NO8P2+2. The fourth-order valence-corrected chi connectivity index (χ4v) is 0.998. The van der Waals surface area contributed by atoms with Crippen molar-refractivity contribution in [2.45, 2.75) is 39.7 Å². The Hall–Kier alpha value is -0.820. The van der Waals surface area contributed by atoms with Crippen LogP contribution in [0.3, 0.4) is 0 Å². The maximum Gasteiger partial charge on any atom is 0.692 e. The molecule has 4 N–H and O–H groups in total. The van der Waals surface area contributed by atoms with Gasteiger partial charge in [-0.3, -0.25) is 10.1 Å². The smallest absolute Gasteiger partial charge is 0.264 e. The molecule has 0 radical (unpaired) electrons. The third kappa shape index (κ3) is 22.4. The van der Waals surface area contributed by atoms with E-state index in [-0.39, 0.29) is 10.8 Å². The molecule has 0 rings (SSSR count). The zero-order chi connectivity index (χ0) is 17.1. The predicted octanol–water partition coefficient (Wildman–Crippen LogP) is 1.90. The summed E-state index contributed by atoms with van der Waals surface area (Å²) < 4.78 is 17.4. The molecule has 1 unspecified atom stereocenters. The van der Waals surface area contributed by atoms with Gasteiger partial charge in [0.05, 0.1) is 0 Å². The molecule has 0 bridgehead atoms. The molecule has 0 spiro atoms. The third-order valence-corrected chi connectivity index (χ3v) is 2.14. The minimum absolute atomic E-state index is 0.213. The topological polar surface area (TPSA) is 158 Å². The van der Waals surface area contributed by atoms with Gasteiger partial charge >= 0.3 is 16.5 Å². The first-order valence-corrected chi connectivity index (χ1v) is 7.57. The lowest BCUT2D eigenvalue weighted by Gasteiger charge is -2.20. The Kier molecular flexibility index (Phi) is 14.5. The molecule has 118 valence electrons. The number of hydrogen-bond donors (Lipinski definition) is 4. The van der Waals surface area contributed by atoms with E-state index in [1.54, 1.807) is 13.8 Å². The molecule has 0 aromatic carbocycles. The van der Waals surface area contributed by atoms with E-state index in [4.69, 9.17) is 28.7 Å². The van der Waals surface area contributed by atoms with E-state index in [2.05, 4.69) is 6.58 Å². The van der Waals surface area contributed by atoms with Gasteiger partial charge in [0.1, 0.15) is 0 Å². The number of rotatable bonds is 4. The highest BCUT2D eigenvalue weighted by Gasteiger charge is 2.32. The maximum absolute atomic E-state index is 10.6. The Morgan fingerprint density at radius 2 is 1.50 bits per heavy atom. The molecule has 11 heteroatoms. The van der Waals surface area contributed by atoms with Gasteiger partial charge in [-0.25, -0.2) is 0 Å². The molecule has 0 aliphatic carbocycles. The van der Waals surface area contributed by atoms with Crippen molar-refractivity contribution in [1.82, 2.24) is 0 Å². The van der Waals surface area contributed by atoms with E-state index < -0.39 is 22.0 Å². The van der Waals surface area contributed by atoms with E-state index in [0.29, 0.717) is 6.42 Å². The van der Waals surface area contributed by atoms with E-state index in [1.807, 2.05) is 13.8 Å². The Balaban J connectivity index is -0.000000297. The first-order valence-electron chi connectivity index (χ1n) is 5.24. The average molecular weight is 333 g/mol. The summed E-state index contributed by atoms with van der Waals surface area (Å²) in [7, 11) is -5.74. The van der Waals surface area contributed by atoms with Crippen molar-refractivity contribution in [1.29, 1.82) is 0 Å². The van der Waals surface area contributed by atoms with Crippen LogP contribution in [0, 0.1) is 16.0 Å². The van der Waals surface area contributed by atoms with Crippen LogP contribution in [-0.4, -0.2) is 30.0 Å². The summed E-state index contributed by atoms with van der Waals surface area (Å²) in [5.41, 5.74) is 0.170. The summed E-state index contributed by atoms with van der Waals surface area (Å²) in [6.07, 6.45) is 0.551. The highest BCUT2D eigenvalue weighted by molar-refractivity contribution is 7.31. The van der Waals surface area contributed by atoms with Crippen molar-refractivity contribution in [2.24, 2.45) is 5.92 Å². The second-order valence-electron chi connectivity index (χ2n) is 4.53. The first-order chi connectivity index (χ1) is 8.73. The van der Waals surface area contributed by atoms with Gasteiger partial charge in [-0.15, -0.1) is 19.6 Å². The standard InChI is InChI=1S/C9H17NO2.2HO3P/c1-7(2)8(3)6-9(4,5)10(11)12;2*1-4(2)3/h8H,1,6H2,2-5H3;2*(H-,1,2,3)/p+2. The van der Waals surface area contributed by atoms with Crippen molar-refractivity contribution in [3.05, 3.63) is 22.3 Å². The lowest BCUT2D eigenvalue weighted by Crippen LogP contribution is -2.32. The predicted molar refractivity (Wildman–Crippen MR) is 73.8 cm³/mol. The van der Waals surface area contributed by atoms with Crippen molar-refractivity contribution in [3.8, 4) is 0 Å². The summed E-state index contributed by atoms with van der Waals surface area (Å²) in [6, 6.07) is 0. The molecule has 1 atom stereocenters. The van der Waals surface area contributed by atoms with Crippen molar-refractivity contribution >= 4 is 16.5 Å². The zero-order valence-corrected chi connectivity index (χ0v) is 13.5. The van der Waals surface area contributed by atoms with Crippen LogP contribution in [0.4, 0.5) is 0 Å². The summed E-state index contributed by atoms with van der Waals surface area (Å²) >= 11 is 0. The van der Waals surface area contributed by atoms with Crippen LogP contribution in [0.5, 0.6) is 0 Å². The molecule has 20 heavy (non-hydrogen) atoms.